The minimum atomic E-state index is 0.661. The van der Waals surface area contributed by atoms with Gasteiger partial charge in [0.25, 0.3) is 0 Å². The van der Waals surface area contributed by atoms with Crippen molar-refractivity contribution in [2.75, 3.05) is 13.1 Å². The molecule has 1 aliphatic carbocycles. The van der Waals surface area contributed by atoms with Crippen molar-refractivity contribution in [1.29, 1.82) is 0 Å². The summed E-state index contributed by atoms with van der Waals surface area (Å²) in [4.78, 5) is 6.55. The first kappa shape index (κ1) is 12.0. The van der Waals surface area contributed by atoms with Crippen LogP contribution in [-0.2, 0) is 6.42 Å². The van der Waals surface area contributed by atoms with Crippen molar-refractivity contribution in [3.8, 4) is 0 Å². The number of rotatable bonds is 0. The predicted molar refractivity (Wildman–Crippen MR) is 86.6 cm³/mol. The van der Waals surface area contributed by atoms with Gasteiger partial charge in [0.1, 0.15) is 0 Å². The summed E-state index contributed by atoms with van der Waals surface area (Å²) in [6.45, 7) is 4.78. The standard InChI is InChI=1S/C19H22N2/c1-2-13-9-12-10-16-18-15(7-8-21(11-12)19(13)16)14-5-3-4-6-17(14)20-18/h2-6,12,16,19-20H,7-11H2,1H3/b13-2+/t12?,16?,19-/m0/s1. The van der Waals surface area contributed by atoms with Gasteiger partial charge in [-0.1, -0.05) is 29.8 Å². The number of hydrogen-bond acceptors (Lipinski definition) is 1. The molecule has 6 rings (SSSR count). The quantitative estimate of drug-likeness (QED) is 0.725. The Morgan fingerprint density at radius 3 is 3.10 bits per heavy atom. The van der Waals surface area contributed by atoms with Gasteiger partial charge in [0, 0.05) is 41.6 Å². The van der Waals surface area contributed by atoms with Crippen LogP contribution in [0.3, 0.4) is 0 Å². The van der Waals surface area contributed by atoms with Crippen LogP contribution in [-0.4, -0.2) is 29.0 Å². The first-order valence-corrected chi connectivity index (χ1v) is 8.33. The minimum absolute atomic E-state index is 0.661. The number of aromatic nitrogens is 1. The maximum Gasteiger partial charge on any atom is 0.0459 e. The van der Waals surface area contributed by atoms with Crippen LogP contribution in [0, 0.1) is 5.92 Å². The summed E-state index contributed by atoms with van der Waals surface area (Å²) < 4.78 is 0. The molecule has 3 unspecified atom stereocenters. The molecule has 4 aliphatic rings. The van der Waals surface area contributed by atoms with E-state index in [1.165, 1.54) is 43.3 Å². The zero-order valence-corrected chi connectivity index (χ0v) is 12.6. The topological polar surface area (TPSA) is 19.0 Å². The van der Waals surface area contributed by atoms with Crippen molar-refractivity contribution in [3.05, 3.63) is 47.2 Å². The highest BCUT2D eigenvalue weighted by molar-refractivity contribution is 5.85. The predicted octanol–water partition coefficient (Wildman–Crippen LogP) is 3.85. The fraction of sp³-hybridized carbons (Fsp3) is 0.474. The molecule has 3 aliphatic heterocycles. The highest BCUT2D eigenvalue weighted by atomic mass is 15.2. The van der Waals surface area contributed by atoms with Crippen LogP contribution in [0.25, 0.3) is 10.9 Å². The van der Waals surface area contributed by atoms with Crippen LogP contribution < -0.4 is 0 Å². The van der Waals surface area contributed by atoms with E-state index in [2.05, 4.69) is 47.1 Å². The lowest BCUT2D eigenvalue weighted by atomic mass is 9.69. The molecular weight excluding hydrogens is 256 g/mol. The third-order valence-electron chi connectivity index (χ3n) is 6.00. The summed E-state index contributed by atoms with van der Waals surface area (Å²) in [5.74, 6) is 1.55. The molecule has 4 bridgehead atoms. The average Bonchev–Trinajstić information content (AvgIpc) is 2.86. The Kier molecular flexibility index (Phi) is 2.43. The van der Waals surface area contributed by atoms with Gasteiger partial charge in [0.2, 0.25) is 0 Å². The van der Waals surface area contributed by atoms with Gasteiger partial charge < -0.3 is 4.98 Å². The number of hydrogen-bond donors (Lipinski definition) is 1. The van der Waals surface area contributed by atoms with E-state index in [1.54, 1.807) is 16.8 Å². The van der Waals surface area contributed by atoms with E-state index in [-0.39, 0.29) is 0 Å². The van der Waals surface area contributed by atoms with Crippen molar-refractivity contribution >= 4 is 10.9 Å². The lowest BCUT2D eigenvalue weighted by Crippen LogP contribution is -2.52. The van der Waals surface area contributed by atoms with Crippen LogP contribution in [0.2, 0.25) is 0 Å². The van der Waals surface area contributed by atoms with Crippen LogP contribution >= 0.6 is 0 Å². The highest BCUT2D eigenvalue weighted by Gasteiger charge is 2.46. The summed E-state index contributed by atoms with van der Waals surface area (Å²) >= 11 is 0. The number of aromatic amines is 1. The second-order valence-electron chi connectivity index (χ2n) is 7.03. The van der Waals surface area contributed by atoms with E-state index in [0.29, 0.717) is 12.0 Å². The van der Waals surface area contributed by atoms with Gasteiger partial charge in [0.15, 0.2) is 0 Å². The molecule has 108 valence electrons. The van der Waals surface area contributed by atoms with Gasteiger partial charge >= 0.3 is 0 Å². The van der Waals surface area contributed by atoms with Gasteiger partial charge in [-0.3, -0.25) is 4.90 Å². The Balaban J connectivity index is 1.73. The third-order valence-corrected chi connectivity index (χ3v) is 6.00. The summed E-state index contributed by atoms with van der Waals surface area (Å²) in [5.41, 5.74) is 6.17. The van der Waals surface area contributed by atoms with E-state index >= 15 is 0 Å². The van der Waals surface area contributed by atoms with Crippen LogP contribution in [0.4, 0.5) is 0 Å². The van der Waals surface area contributed by atoms with Gasteiger partial charge in [-0.05, 0) is 43.7 Å². The molecule has 1 N–H and O–H groups in total. The van der Waals surface area contributed by atoms with Gasteiger partial charge in [-0.15, -0.1) is 0 Å². The van der Waals surface area contributed by atoms with E-state index in [1.807, 2.05) is 0 Å². The first-order valence-electron chi connectivity index (χ1n) is 8.33. The van der Waals surface area contributed by atoms with Gasteiger partial charge in [-0.2, -0.15) is 0 Å². The number of para-hydroxylation sites is 1. The lowest BCUT2D eigenvalue weighted by Gasteiger charge is -2.50. The normalized spacial score (nSPS) is 36.0. The van der Waals surface area contributed by atoms with Gasteiger partial charge in [-0.25, -0.2) is 0 Å². The third kappa shape index (κ3) is 1.57. The maximum absolute atomic E-state index is 3.79. The van der Waals surface area contributed by atoms with E-state index in [9.17, 15) is 0 Å². The maximum atomic E-state index is 3.79. The lowest BCUT2D eigenvalue weighted by molar-refractivity contribution is 0.0758. The fourth-order valence-corrected chi connectivity index (χ4v) is 5.21. The van der Waals surface area contributed by atoms with Crippen molar-refractivity contribution in [3.63, 3.8) is 0 Å². The highest BCUT2D eigenvalue weighted by Crippen LogP contribution is 2.49. The molecule has 0 spiro atoms. The molecule has 3 fully saturated rings. The number of piperidine rings is 2. The molecule has 4 atom stereocenters. The fourth-order valence-electron chi connectivity index (χ4n) is 5.21. The second kappa shape index (κ2) is 4.23. The number of nitrogens with zero attached hydrogens (tertiary/aromatic N) is 1. The van der Waals surface area contributed by atoms with Crippen LogP contribution in [0.1, 0.15) is 36.9 Å². The zero-order valence-electron chi connectivity index (χ0n) is 12.6. The molecule has 1 aromatic heterocycles. The van der Waals surface area contributed by atoms with E-state index in [0.717, 1.165) is 5.92 Å². The second-order valence-corrected chi connectivity index (χ2v) is 7.03. The minimum Gasteiger partial charge on any atom is -0.358 e. The summed E-state index contributed by atoms with van der Waals surface area (Å²) in [6, 6.07) is 9.52. The van der Waals surface area contributed by atoms with Crippen LogP contribution in [0.15, 0.2) is 35.9 Å². The largest absolute Gasteiger partial charge is 0.358 e. The smallest absolute Gasteiger partial charge is 0.0459 e. The average molecular weight is 278 g/mol. The number of allylic oxidation sites excluding steroid dienone is 1. The van der Waals surface area contributed by atoms with E-state index < -0.39 is 0 Å². The van der Waals surface area contributed by atoms with Crippen molar-refractivity contribution in [2.24, 2.45) is 5.92 Å². The molecule has 2 saturated heterocycles. The number of benzene rings is 1. The SMILES string of the molecule is C/C=C1\CC2CC3c4[nH]c5ccccc5c4CCN(C2)[C@@H]13. The molecule has 4 heterocycles. The molecule has 1 aromatic carbocycles. The summed E-state index contributed by atoms with van der Waals surface area (Å²) in [7, 11) is 0. The Labute approximate surface area is 125 Å². The van der Waals surface area contributed by atoms with E-state index in [4.69, 9.17) is 0 Å². The Hall–Kier alpha value is -1.54. The number of fused-ring (bicyclic) bond motifs is 4. The summed E-state index contributed by atoms with van der Waals surface area (Å²) in [6.07, 6.45) is 6.31. The molecule has 1 saturated carbocycles. The van der Waals surface area contributed by atoms with Gasteiger partial charge in [0.05, 0.1) is 0 Å². The van der Waals surface area contributed by atoms with Crippen molar-refractivity contribution in [2.45, 2.75) is 38.1 Å². The Morgan fingerprint density at radius 2 is 2.19 bits per heavy atom. The number of nitrogens with one attached hydrogen (secondary N) is 1. The molecule has 21 heavy (non-hydrogen) atoms. The Bertz CT molecular complexity index is 739. The molecule has 0 radical (unpaired) electrons. The molecule has 2 nitrogen and oxygen atoms in total. The zero-order chi connectivity index (χ0) is 14.0. The summed E-state index contributed by atoms with van der Waals surface area (Å²) in [5, 5.41) is 1.46. The van der Waals surface area contributed by atoms with Crippen molar-refractivity contribution in [1.82, 2.24) is 9.88 Å². The van der Waals surface area contributed by atoms with Crippen LogP contribution in [0.5, 0.6) is 0 Å². The Morgan fingerprint density at radius 1 is 1.29 bits per heavy atom. The molecular formula is C19H22N2. The molecule has 2 heteroatoms. The molecule has 0 amide bonds. The molecule has 2 aromatic rings. The first-order chi connectivity index (χ1) is 10.3. The monoisotopic (exact) mass is 278 g/mol. The van der Waals surface area contributed by atoms with Crippen molar-refractivity contribution < 1.29 is 0 Å². The number of H-pyrrole nitrogens is 1.